The van der Waals surface area contributed by atoms with Gasteiger partial charge < -0.3 is 0 Å². The summed E-state index contributed by atoms with van der Waals surface area (Å²) in [6, 6.07) is 14.0. The molecule has 9 heteroatoms. The lowest BCUT2D eigenvalue weighted by atomic mass is 10.2. The molecule has 0 heterocycles. The van der Waals surface area contributed by atoms with Crippen LogP contribution in [0.4, 0.5) is 0 Å². The fraction of sp³-hybridized carbons (Fsp3) is 0.200. The van der Waals surface area contributed by atoms with E-state index in [1.807, 2.05) is 6.92 Å². The first-order chi connectivity index (χ1) is 11.2. The van der Waals surface area contributed by atoms with Gasteiger partial charge in [0, 0.05) is 5.75 Å². The van der Waals surface area contributed by atoms with Crippen molar-refractivity contribution < 1.29 is 16.8 Å². The predicted octanol–water partition coefficient (Wildman–Crippen LogP) is 2.40. The molecule has 1 N–H and O–H groups in total. The van der Waals surface area contributed by atoms with Gasteiger partial charge in [-0.15, -0.1) is 7.90 Å². The Morgan fingerprint density at radius 2 is 1.50 bits per heavy atom. The number of hydrogen-bond donors (Lipinski definition) is 1. The maximum Gasteiger partial charge on any atom is 0.289 e. The van der Waals surface area contributed by atoms with Gasteiger partial charge in [-0.25, -0.2) is 8.42 Å². The first kappa shape index (κ1) is 18.8. The monoisotopic (exact) mass is 386 g/mol. The van der Waals surface area contributed by atoms with E-state index >= 15 is 0 Å². The van der Waals surface area contributed by atoms with Gasteiger partial charge >= 0.3 is 0 Å². The number of sulfonamides is 2. The van der Waals surface area contributed by atoms with Gasteiger partial charge in [-0.2, -0.15) is 8.42 Å². The third kappa shape index (κ3) is 4.73. The van der Waals surface area contributed by atoms with Crippen molar-refractivity contribution >= 4 is 30.9 Å². The van der Waals surface area contributed by atoms with Crippen molar-refractivity contribution in [3.8, 4) is 0 Å². The van der Waals surface area contributed by atoms with Crippen molar-refractivity contribution in [2.24, 2.45) is 3.77 Å². The summed E-state index contributed by atoms with van der Waals surface area (Å²) in [4.78, 5) is 0.108. The van der Waals surface area contributed by atoms with Gasteiger partial charge in [-0.05, 0) is 42.1 Å². The number of benzene rings is 2. The van der Waals surface area contributed by atoms with Gasteiger partial charge in [0.15, 0.2) is 0 Å². The van der Waals surface area contributed by atoms with Crippen LogP contribution in [0.2, 0.25) is 0 Å². The van der Waals surface area contributed by atoms with E-state index in [0.29, 0.717) is 0 Å². The summed E-state index contributed by atoms with van der Waals surface area (Å²) in [5, 5.41) is 0. The van der Waals surface area contributed by atoms with Crippen molar-refractivity contribution in [3.05, 3.63) is 60.2 Å². The molecule has 0 fully saturated rings. The Bertz CT molecular complexity index is 936. The zero-order valence-electron chi connectivity index (χ0n) is 13.2. The summed E-state index contributed by atoms with van der Waals surface area (Å²) in [5.41, 5.74) is 0.930. The number of rotatable bonds is 6. The summed E-state index contributed by atoms with van der Waals surface area (Å²) in [7, 11) is -9.14. The second-order valence-corrected chi connectivity index (χ2v) is 10.4. The zero-order chi connectivity index (χ0) is 17.8. The first-order valence-corrected chi connectivity index (χ1v) is 11.4. The number of nitrogens with zero attached hydrogens (tertiary/aromatic N) is 1. The molecule has 0 aliphatic rings. The van der Waals surface area contributed by atoms with Crippen LogP contribution in [0.15, 0.2) is 68.2 Å². The molecular weight excluding hydrogens is 368 g/mol. The highest BCUT2D eigenvalue weighted by molar-refractivity contribution is 8.06. The second-order valence-electron chi connectivity index (χ2n) is 4.92. The average molecular weight is 387 g/mol. The molecule has 0 bridgehead atoms. The van der Waals surface area contributed by atoms with Crippen LogP contribution < -0.4 is 4.13 Å². The molecule has 130 valence electrons. The molecule has 2 aromatic carbocycles. The highest BCUT2D eigenvalue weighted by Gasteiger charge is 2.18. The topological polar surface area (TPSA) is 92.7 Å². The van der Waals surface area contributed by atoms with Crippen molar-refractivity contribution in [2.75, 3.05) is 5.75 Å². The van der Waals surface area contributed by atoms with Crippen LogP contribution in [-0.2, 0) is 30.9 Å². The quantitative estimate of drug-likeness (QED) is 0.825. The Hall–Kier alpha value is -1.55. The van der Waals surface area contributed by atoms with Gasteiger partial charge in [0.1, 0.15) is 0 Å². The summed E-state index contributed by atoms with van der Waals surface area (Å²) >= 11 is 0. The van der Waals surface area contributed by atoms with Crippen molar-refractivity contribution in [3.63, 3.8) is 0 Å². The molecule has 0 spiro atoms. The third-order valence-corrected chi connectivity index (χ3v) is 8.50. The van der Waals surface area contributed by atoms with Crippen molar-refractivity contribution in [1.82, 2.24) is 4.13 Å². The van der Waals surface area contributed by atoms with Crippen molar-refractivity contribution in [1.29, 1.82) is 0 Å². The maximum absolute atomic E-state index is 12.4. The van der Waals surface area contributed by atoms with E-state index in [4.69, 9.17) is 0 Å². The number of hydrogen-bond acceptors (Lipinski definition) is 4. The highest BCUT2D eigenvalue weighted by Crippen LogP contribution is 2.14. The summed E-state index contributed by atoms with van der Waals surface area (Å²) < 4.78 is 55.4. The molecule has 2 aromatic rings. The van der Waals surface area contributed by atoms with Crippen LogP contribution in [0.1, 0.15) is 12.5 Å². The highest BCUT2D eigenvalue weighted by atomic mass is 32.3. The fourth-order valence-corrected chi connectivity index (χ4v) is 6.75. The van der Waals surface area contributed by atoms with Crippen LogP contribution in [0, 0.1) is 6.92 Å². The lowest BCUT2D eigenvalue weighted by Gasteiger charge is -2.09. The van der Waals surface area contributed by atoms with Gasteiger partial charge in [-0.3, -0.25) is 0 Å². The molecular formula is C15H18N2O4S3. The largest absolute Gasteiger partial charge is 0.289 e. The Balaban J connectivity index is 2.33. The van der Waals surface area contributed by atoms with Crippen LogP contribution in [-0.4, -0.2) is 22.6 Å². The third-order valence-electron chi connectivity index (χ3n) is 3.04. The van der Waals surface area contributed by atoms with Gasteiger partial charge in [0.2, 0.25) is 10.0 Å². The Kier molecular flexibility index (Phi) is 5.92. The smallest absolute Gasteiger partial charge is 0.206 e. The van der Waals surface area contributed by atoms with Gasteiger partial charge in [0.25, 0.3) is 10.0 Å². The van der Waals surface area contributed by atoms with E-state index in [1.165, 1.54) is 24.3 Å². The van der Waals surface area contributed by atoms with Crippen LogP contribution in [0.5, 0.6) is 0 Å². The predicted molar refractivity (Wildman–Crippen MR) is 95.5 cm³/mol. The number of nitrogens with one attached hydrogen (secondary N) is 1. The minimum Gasteiger partial charge on any atom is -0.206 e. The molecule has 0 saturated carbocycles. The SMILES string of the molecule is CC/S(=N\S(=O)(=O)c1ccccc1)NS(=O)(=O)c1ccc(C)cc1. The Labute approximate surface area is 145 Å². The maximum atomic E-state index is 12.4. The minimum atomic E-state index is -3.92. The summed E-state index contributed by atoms with van der Waals surface area (Å²) in [5.74, 6) is 0.233. The van der Waals surface area contributed by atoms with E-state index in [1.54, 1.807) is 37.3 Å². The summed E-state index contributed by atoms with van der Waals surface area (Å²) in [6.45, 7) is 3.52. The molecule has 2 rings (SSSR count). The molecule has 0 aromatic heterocycles. The van der Waals surface area contributed by atoms with E-state index in [0.717, 1.165) is 5.56 Å². The minimum absolute atomic E-state index is 0.0329. The van der Waals surface area contributed by atoms with Crippen LogP contribution in [0.3, 0.4) is 0 Å². The fourth-order valence-electron chi connectivity index (χ4n) is 1.77. The van der Waals surface area contributed by atoms with Crippen LogP contribution in [0.25, 0.3) is 0 Å². The van der Waals surface area contributed by atoms with E-state index in [2.05, 4.69) is 7.90 Å². The van der Waals surface area contributed by atoms with E-state index < -0.39 is 30.9 Å². The lowest BCUT2D eigenvalue weighted by molar-refractivity contribution is 0.594. The first-order valence-electron chi connectivity index (χ1n) is 7.08. The van der Waals surface area contributed by atoms with E-state index in [-0.39, 0.29) is 15.5 Å². The normalized spacial score (nSPS) is 13.8. The van der Waals surface area contributed by atoms with E-state index in [9.17, 15) is 16.8 Å². The standard InChI is InChI=1S/C15H18N2O4S3/c1-3-22(16-23(18,19)14-7-5-4-6-8-14)17-24(20,21)15-11-9-13(2)10-12-15/h4-12H,3H2,1-2H3,(H,16,17). The second kappa shape index (κ2) is 7.56. The van der Waals surface area contributed by atoms with Gasteiger partial charge in [-0.1, -0.05) is 42.8 Å². The Morgan fingerprint density at radius 1 is 0.917 bits per heavy atom. The lowest BCUT2D eigenvalue weighted by Crippen LogP contribution is -2.27. The molecule has 0 aliphatic heterocycles. The summed E-state index contributed by atoms with van der Waals surface area (Å²) in [6.07, 6.45) is 0. The Morgan fingerprint density at radius 3 is 2.04 bits per heavy atom. The molecule has 24 heavy (non-hydrogen) atoms. The zero-order valence-corrected chi connectivity index (χ0v) is 15.7. The average Bonchev–Trinajstić information content (AvgIpc) is 2.55. The molecule has 0 aliphatic carbocycles. The molecule has 6 nitrogen and oxygen atoms in total. The van der Waals surface area contributed by atoms with Crippen molar-refractivity contribution in [2.45, 2.75) is 23.6 Å². The number of aryl methyl sites for hydroxylation is 1. The molecule has 0 radical (unpaired) electrons. The molecule has 0 amide bonds. The molecule has 1 atom stereocenters. The van der Waals surface area contributed by atoms with Gasteiger partial charge in [0.05, 0.1) is 9.79 Å². The van der Waals surface area contributed by atoms with Crippen LogP contribution >= 0.6 is 0 Å². The molecule has 1 unspecified atom stereocenters. The molecule has 0 saturated heterocycles.